The van der Waals surface area contributed by atoms with Crippen LogP contribution in [0.25, 0.3) is 0 Å². The second-order valence-corrected chi connectivity index (χ2v) is 6.14. The van der Waals surface area contributed by atoms with Gasteiger partial charge >= 0.3 is 0 Å². The first-order chi connectivity index (χ1) is 9.67. The maximum absolute atomic E-state index is 4.68. The first-order valence-corrected chi connectivity index (χ1v) is 8.11. The molecule has 2 heterocycles. The monoisotopic (exact) mass is 275 g/mol. The van der Waals surface area contributed by atoms with E-state index in [0.717, 1.165) is 19.0 Å². The van der Waals surface area contributed by atoms with E-state index in [1.807, 2.05) is 6.20 Å². The van der Waals surface area contributed by atoms with Gasteiger partial charge < -0.3 is 4.90 Å². The fraction of sp³-hybridized carbons (Fsp3) is 0.706. The Morgan fingerprint density at radius 3 is 2.75 bits per heavy atom. The van der Waals surface area contributed by atoms with E-state index in [0.29, 0.717) is 6.04 Å². The summed E-state index contributed by atoms with van der Waals surface area (Å²) in [4.78, 5) is 9.70. The van der Waals surface area contributed by atoms with Crippen LogP contribution in [0.4, 0.5) is 5.82 Å². The molecule has 112 valence electrons. The standard InChI is InChI=1S/C17H29N3/c1-5-19(6-2)17-15(9-7-11-18-17)16-10-8-12-20(16)13-14(3)4/h7,9,11,14,16H,5-6,8,10,12-13H2,1-4H3. The Labute approximate surface area is 124 Å². The summed E-state index contributed by atoms with van der Waals surface area (Å²) < 4.78 is 0. The van der Waals surface area contributed by atoms with Gasteiger partial charge in [-0.25, -0.2) is 4.98 Å². The molecule has 0 radical (unpaired) electrons. The minimum absolute atomic E-state index is 0.557. The quantitative estimate of drug-likeness (QED) is 0.789. The SMILES string of the molecule is CCN(CC)c1ncccc1C1CCCN1CC(C)C. The molecule has 3 nitrogen and oxygen atoms in total. The van der Waals surface area contributed by atoms with Crippen LogP contribution in [0.5, 0.6) is 0 Å². The third kappa shape index (κ3) is 3.32. The largest absolute Gasteiger partial charge is 0.357 e. The fourth-order valence-electron chi connectivity index (χ4n) is 3.32. The van der Waals surface area contributed by atoms with E-state index in [4.69, 9.17) is 0 Å². The molecule has 20 heavy (non-hydrogen) atoms. The van der Waals surface area contributed by atoms with Crippen molar-refractivity contribution >= 4 is 5.82 Å². The highest BCUT2D eigenvalue weighted by atomic mass is 15.2. The normalized spacial score (nSPS) is 19.8. The van der Waals surface area contributed by atoms with Crippen molar-refractivity contribution < 1.29 is 0 Å². The molecule has 0 N–H and O–H groups in total. The van der Waals surface area contributed by atoms with Crippen LogP contribution in [0.2, 0.25) is 0 Å². The number of likely N-dealkylation sites (tertiary alicyclic amines) is 1. The first kappa shape index (κ1) is 15.3. The van der Waals surface area contributed by atoms with Gasteiger partial charge in [-0.3, -0.25) is 4.90 Å². The summed E-state index contributed by atoms with van der Waals surface area (Å²) in [6, 6.07) is 4.93. The zero-order valence-corrected chi connectivity index (χ0v) is 13.5. The van der Waals surface area contributed by atoms with Crippen molar-refractivity contribution in [2.24, 2.45) is 5.92 Å². The van der Waals surface area contributed by atoms with Crippen molar-refractivity contribution in [2.75, 3.05) is 31.1 Å². The Morgan fingerprint density at radius 1 is 1.35 bits per heavy atom. The number of pyridine rings is 1. The molecule has 1 unspecified atom stereocenters. The second kappa shape index (κ2) is 7.07. The van der Waals surface area contributed by atoms with E-state index in [2.05, 4.69) is 54.6 Å². The van der Waals surface area contributed by atoms with Crippen molar-refractivity contribution in [3.8, 4) is 0 Å². The highest BCUT2D eigenvalue weighted by molar-refractivity contribution is 5.48. The van der Waals surface area contributed by atoms with Crippen LogP contribution in [0.15, 0.2) is 18.3 Å². The highest BCUT2D eigenvalue weighted by Crippen LogP contribution is 2.36. The average molecular weight is 275 g/mol. The molecule has 2 rings (SSSR count). The van der Waals surface area contributed by atoms with Crippen molar-refractivity contribution in [1.29, 1.82) is 0 Å². The van der Waals surface area contributed by atoms with Gasteiger partial charge in [0.25, 0.3) is 0 Å². The van der Waals surface area contributed by atoms with Gasteiger partial charge in [-0.1, -0.05) is 19.9 Å². The average Bonchev–Trinajstić information content (AvgIpc) is 2.88. The molecule has 1 saturated heterocycles. The maximum Gasteiger partial charge on any atom is 0.133 e. The van der Waals surface area contributed by atoms with Gasteiger partial charge in [-0.05, 0) is 45.2 Å². The van der Waals surface area contributed by atoms with E-state index in [9.17, 15) is 0 Å². The molecule has 3 heteroatoms. The van der Waals surface area contributed by atoms with E-state index in [1.54, 1.807) is 0 Å². The Balaban J connectivity index is 2.27. The topological polar surface area (TPSA) is 19.4 Å². The molecule has 1 aromatic rings. The lowest BCUT2D eigenvalue weighted by Gasteiger charge is -2.30. The summed E-state index contributed by atoms with van der Waals surface area (Å²) in [7, 11) is 0. The molecular formula is C17H29N3. The lowest BCUT2D eigenvalue weighted by Crippen LogP contribution is -2.30. The first-order valence-electron chi connectivity index (χ1n) is 8.11. The van der Waals surface area contributed by atoms with Crippen LogP contribution in [0.1, 0.15) is 52.1 Å². The minimum Gasteiger partial charge on any atom is -0.357 e. The van der Waals surface area contributed by atoms with Gasteiger partial charge in [0.05, 0.1) is 0 Å². The third-order valence-corrected chi connectivity index (χ3v) is 4.20. The van der Waals surface area contributed by atoms with E-state index >= 15 is 0 Å². The van der Waals surface area contributed by atoms with E-state index in [-0.39, 0.29) is 0 Å². The number of aromatic nitrogens is 1. The Kier molecular flexibility index (Phi) is 5.41. The van der Waals surface area contributed by atoms with Crippen LogP contribution in [0.3, 0.4) is 0 Å². The van der Waals surface area contributed by atoms with Gasteiger partial charge in [-0.2, -0.15) is 0 Å². The predicted octanol–water partition coefficient (Wildman–Crippen LogP) is 3.72. The van der Waals surface area contributed by atoms with Crippen molar-refractivity contribution in [1.82, 2.24) is 9.88 Å². The molecule has 1 aliphatic rings. The fourth-order valence-corrected chi connectivity index (χ4v) is 3.32. The van der Waals surface area contributed by atoms with Crippen molar-refractivity contribution in [3.05, 3.63) is 23.9 Å². The summed E-state index contributed by atoms with van der Waals surface area (Å²) in [6.45, 7) is 13.5. The molecule has 0 saturated carbocycles. The molecule has 0 amide bonds. The summed E-state index contributed by atoms with van der Waals surface area (Å²) in [6.07, 6.45) is 4.51. The smallest absolute Gasteiger partial charge is 0.133 e. The van der Waals surface area contributed by atoms with Gasteiger partial charge in [0, 0.05) is 37.4 Å². The Morgan fingerprint density at radius 2 is 2.10 bits per heavy atom. The number of hydrogen-bond acceptors (Lipinski definition) is 3. The van der Waals surface area contributed by atoms with Crippen LogP contribution < -0.4 is 4.90 Å². The van der Waals surface area contributed by atoms with Crippen LogP contribution in [-0.4, -0.2) is 36.1 Å². The summed E-state index contributed by atoms with van der Waals surface area (Å²) in [5.74, 6) is 1.92. The molecular weight excluding hydrogens is 246 g/mol. The third-order valence-electron chi connectivity index (χ3n) is 4.20. The highest BCUT2D eigenvalue weighted by Gasteiger charge is 2.29. The van der Waals surface area contributed by atoms with E-state index < -0.39 is 0 Å². The lowest BCUT2D eigenvalue weighted by molar-refractivity contribution is 0.229. The molecule has 1 aliphatic heterocycles. The molecule has 1 atom stereocenters. The molecule has 0 bridgehead atoms. The van der Waals surface area contributed by atoms with Gasteiger partial charge in [0.2, 0.25) is 0 Å². The van der Waals surface area contributed by atoms with Crippen LogP contribution in [-0.2, 0) is 0 Å². The molecule has 1 aromatic heterocycles. The molecule has 0 spiro atoms. The Hall–Kier alpha value is -1.09. The molecule has 0 aromatic carbocycles. The predicted molar refractivity (Wildman–Crippen MR) is 86.2 cm³/mol. The second-order valence-electron chi connectivity index (χ2n) is 6.14. The van der Waals surface area contributed by atoms with Crippen molar-refractivity contribution in [3.63, 3.8) is 0 Å². The maximum atomic E-state index is 4.68. The van der Waals surface area contributed by atoms with Gasteiger partial charge in [-0.15, -0.1) is 0 Å². The number of anilines is 1. The Bertz CT molecular complexity index is 412. The molecule has 0 aliphatic carbocycles. The van der Waals surface area contributed by atoms with E-state index in [1.165, 1.54) is 37.3 Å². The van der Waals surface area contributed by atoms with Crippen LogP contribution >= 0.6 is 0 Å². The summed E-state index contributed by atoms with van der Waals surface area (Å²) in [5.41, 5.74) is 1.43. The summed E-state index contributed by atoms with van der Waals surface area (Å²) in [5, 5.41) is 0. The van der Waals surface area contributed by atoms with Crippen molar-refractivity contribution in [2.45, 2.75) is 46.6 Å². The summed E-state index contributed by atoms with van der Waals surface area (Å²) >= 11 is 0. The lowest BCUT2D eigenvalue weighted by atomic mass is 10.0. The zero-order chi connectivity index (χ0) is 14.5. The number of rotatable bonds is 6. The van der Waals surface area contributed by atoms with Crippen LogP contribution in [0, 0.1) is 5.92 Å². The number of hydrogen-bond donors (Lipinski definition) is 0. The van der Waals surface area contributed by atoms with Gasteiger partial charge in [0.15, 0.2) is 0 Å². The molecule has 1 fully saturated rings. The van der Waals surface area contributed by atoms with Gasteiger partial charge in [0.1, 0.15) is 5.82 Å². The minimum atomic E-state index is 0.557. The number of nitrogens with zero attached hydrogens (tertiary/aromatic N) is 3. The zero-order valence-electron chi connectivity index (χ0n) is 13.5.